The Labute approximate surface area is 123 Å². The standard InChI is InChI=1S/C16H21FN2O2/c1-9(2)16-19-13-6-10(11(17)7-15(13)21-16)8-18-12-4-3-5-14(12)20/h6-7,9,12,14,18,20H,3-5,8H2,1-2H3. The maximum absolute atomic E-state index is 14.1. The zero-order chi connectivity index (χ0) is 15.0. The maximum Gasteiger partial charge on any atom is 0.198 e. The van der Waals surface area contributed by atoms with Gasteiger partial charge in [0.2, 0.25) is 0 Å². The monoisotopic (exact) mass is 292 g/mol. The van der Waals surface area contributed by atoms with Gasteiger partial charge in [0.25, 0.3) is 0 Å². The lowest BCUT2D eigenvalue weighted by molar-refractivity contribution is 0.148. The van der Waals surface area contributed by atoms with Gasteiger partial charge in [-0.3, -0.25) is 0 Å². The number of fused-ring (bicyclic) bond motifs is 1. The summed E-state index contributed by atoms with van der Waals surface area (Å²) in [4.78, 5) is 4.40. The van der Waals surface area contributed by atoms with Gasteiger partial charge < -0.3 is 14.8 Å². The summed E-state index contributed by atoms with van der Waals surface area (Å²) in [7, 11) is 0. The van der Waals surface area contributed by atoms with Crippen molar-refractivity contribution >= 4 is 11.1 Å². The van der Waals surface area contributed by atoms with Crippen LogP contribution in [0.1, 0.15) is 50.5 Å². The van der Waals surface area contributed by atoms with Crippen molar-refractivity contribution in [3.8, 4) is 0 Å². The third kappa shape index (κ3) is 2.94. The molecule has 2 unspecified atom stereocenters. The van der Waals surface area contributed by atoms with E-state index in [0.29, 0.717) is 29.1 Å². The summed E-state index contributed by atoms with van der Waals surface area (Å²) < 4.78 is 19.7. The molecule has 4 nitrogen and oxygen atoms in total. The number of aromatic nitrogens is 1. The normalized spacial score (nSPS) is 22.5. The molecular weight excluding hydrogens is 271 g/mol. The van der Waals surface area contributed by atoms with Gasteiger partial charge in [-0.05, 0) is 25.3 Å². The van der Waals surface area contributed by atoms with Crippen molar-refractivity contribution in [2.45, 2.75) is 57.7 Å². The van der Waals surface area contributed by atoms with E-state index in [1.807, 2.05) is 13.8 Å². The summed E-state index contributed by atoms with van der Waals surface area (Å²) in [5, 5.41) is 13.0. The van der Waals surface area contributed by atoms with Crippen LogP contribution in [0.5, 0.6) is 0 Å². The van der Waals surface area contributed by atoms with E-state index in [0.717, 1.165) is 19.3 Å². The lowest BCUT2D eigenvalue weighted by atomic mass is 10.1. The summed E-state index contributed by atoms with van der Waals surface area (Å²) in [6, 6.07) is 3.19. The van der Waals surface area contributed by atoms with Crippen LogP contribution in [0.15, 0.2) is 16.5 Å². The molecule has 1 aliphatic rings. The van der Waals surface area contributed by atoms with Crippen LogP contribution in [0, 0.1) is 5.82 Å². The second-order valence-electron chi connectivity index (χ2n) is 6.10. The molecule has 1 saturated carbocycles. The van der Waals surface area contributed by atoms with Gasteiger partial charge in [-0.1, -0.05) is 13.8 Å². The Morgan fingerprint density at radius 2 is 2.24 bits per heavy atom. The van der Waals surface area contributed by atoms with Crippen molar-refractivity contribution in [2.24, 2.45) is 0 Å². The smallest absolute Gasteiger partial charge is 0.198 e. The molecule has 0 aliphatic heterocycles. The summed E-state index contributed by atoms with van der Waals surface area (Å²) in [6.07, 6.45) is 2.45. The molecule has 5 heteroatoms. The van der Waals surface area contributed by atoms with Gasteiger partial charge in [0.15, 0.2) is 11.5 Å². The molecule has 0 amide bonds. The van der Waals surface area contributed by atoms with Gasteiger partial charge in [0.1, 0.15) is 11.3 Å². The zero-order valence-electron chi connectivity index (χ0n) is 12.4. The molecule has 0 saturated heterocycles. The third-order valence-corrected chi connectivity index (χ3v) is 4.10. The molecule has 1 aromatic heterocycles. The van der Waals surface area contributed by atoms with Gasteiger partial charge in [0.05, 0.1) is 6.10 Å². The number of aliphatic hydroxyl groups excluding tert-OH is 1. The molecule has 21 heavy (non-hydrogen) atoms. The van der Waals surface area contributed by atoms with Gasteiger partial charge in [-0.15, -0.1) is 0 Å². The summed E-state index contributed by atoms with van der Waals surface area (Å²) in [5.74, 6) is 0.505. The summed E-state index contributed by atoms with van der Waals surface area (Å²) >= 11 is 0. The van der Waals surface area contributed by atoms with E-state index < -0.39 is 0 Å². The van der Waals surface area contributed by atoms with Crippen LogP contribution in [0.2, 0.25) is 0 Å². The number of aliphatic hydroxyl groups is 1. The van der Waals surface area contributed by atoms with Crippen molar-refractivity contribution in [3.63, 3.8) is 0 Å². The molecule has 1 aliphatic carbocycles. The maximum atomic E-state index is 14.1. The number of nitrogens with zero attached hydrogens (tertiary/aromatic N) is 1. The molecule has 1 aromatic carbocycles. The van der Waals surface area contributed by atoms with Crippen molar-refractivity contribution in [1.29, 1.82) is 0 Å². The Hall–Kier alpha value is -1.46. The van der Waals surface area contributed by atoms with Crippen molar-refractivity contribution < 1.29 is 13.9 Å². The number of oxazole rings is 1. The predicted molar refractivity (Wildman–Crippen MR) is 78.5 cm³/mol. The van der Waals surface area contributed by atoms with Crippen molar-refractivity contribution in [3.05, 3.63) is 29.4 Å². The molecule has 2 atom stereocenters. The Bertz CT molecular complexity index is 638. The van der Waals surface area contributed by atoms with Crippen LogP contribution in [0.4, 0.5) is 4.39 Å². The van der Waals surface area contributed by atoms with E-state index in [1.54, 1.807) is 6.07 Å². The number of rotatable bonds is 4. The van der Waals surface area contributed by atoms with E-state index in [9.17, 15) is 9.50 Å². The highest BCUT2D eigenvalue weighted by atomic mass is 19.1. The lowest BCUT2D eigenvalue weighted by Gasteiger charge is -2.16. The molecule has 1 heterocycles. The Kier molecular flexibility index (Phi) is 3.95. The quantitative estimate of drug-likeness (QED) is 0.909. The van der Waals surface area contributed by atoms with Crippen LogP contribution >= 0.6 is 0 Å². The number of halogens is 1. The second-order valence-corrected chi connectivity index (χ2v) is 6.10. The number of hydrogen-bond acceptors (Lipinski definition) is 4. The van der Waals surface area contributed by atoms with Crippen LogP contribution in [0.3, 0.4) is 0 Å². The predicted octanol–water partition coefficient (Wildman–Crippen LogP) is 3.09. The molecule has 0 radical (unpaired) electrons. The average Bonchev–Trinajstić information content (AvgIpc) is 3.02. The lowest BCUT2D eigenvalue weighted by Crippen LogP contribution is -2.35. The minimum Gasteiger partial charge on any atom is -0.440 e. The molecule has 0 spiro atoms. The van der Waals surface area contributed by atoms with Gasteiger partial charge in [-0.25, -0.2) is 9.37 Å². The number of nitrogens with one attached hydrogen (secondary N) is 1. The average molecular weight is 292 g/mol. The minimum absolute atomic E-state index is 0.0589. The van der Waals surface area contributed by atoms with Crippen molar-refractivity contribution in [2.75, 3.05) is 0 Å². The van der Waals surface area contributed by atoms with E-state index in [2.05, 4.69) is 10.3 Å². The SMILES string of the molecule is CC(C)c1nc2cc(CNC3CCCC3O)c(F)cc2o1. The number of benzene rings is 1. The van der Waals surface area contributed by atoms with Crippen LogP contribution in [0.25, 0.3) is 11.1 Å². The molecule has 1 fully saturated rings. The molecule has 2 N–H and O–H groups in total. The van der Waals surface area contributed by atoms with Crippen LogP contribution in [-0.2, 0) is 6.54 Å². The van der Waals surface area contributed by atoms with Crippen molar-refractivity contribution in [1.82, 2.24) is 10.3 Å². The topological polar surface area (TPSA) is 58.3 Å². The fourth-order valence-electron chi connectivity index (χ4n) is 2.81. The first-order valence-corrected chi connectivity index (χ1v) is 7.55. The van der Waals surface area contributed by atoms with Crippen LogP contribution in [-0.4, -0.2) is 22.2 Å². The summed E-state index contributed by atoms with van der Waals surface area (Å²) in [6.45, 7) is 4.38. The molecule has 3 rings (SSSR count). The van der Waals surface area contributed by atoms with Gasteiger partial charge >= 0.3 is 0 Å². The Morgan fingerprint density at radius 3 is 2.90 bits per heavy atom. The summed E-state index contributed by atoms with van der Waals surface area (Å²) in [5.41, 5.74) is 1.73. The van der Waals surface area contributed by atoms with E-state index in [4.69, 9.17) is 4.42 Å². The molecular formula is C16H21FN2O2. The van der Waals surface area contributed by atoms with E-state index in [1.165, 1.54) is 6.07 Å². The first kappa shape index (κ1) is 14.5. The Balaban J connectivity index is 1.79. The van der Waals surface area contributed by atoms with E-state index >= 15 is 0 Å². The number of hydrogen-bond donors (Lipinski definition) is 2. The highest BCUT2D eigenvalue weighted by Crippen LogP contribution is 2.25. The Morgan fingerprint density at radius 1 is 1.43 bits per heavy atom. The zero-order valence-corrected chi connectivity index (χ0v) is 12.4. The van der Waals surface area contributed by atoms with Crippen LogP contribution < -0.4 is 5.32 Å². The highest BCUT2D eigenvalue weighted by molar-refractivity contribution is 5.73. The third-order valence-electron chi connectivity index (χ3n) is 4.10. The largest absolute Gasteiger partial charge is 0.440 e. The second kappa shape index (κ2) is 5.73. The highest BCUT2D eigenvalue weighted by Gasteiger charge is 2.24. The van der Waals surface area contributed by atoms with Gasteiger partial charge in [0, 0.05) is 30.1 Å². The fourth-order valence-corrected chi connectivity index (χ4v) is 2.81. The fraction of sp³-hybridized carbons (Fsp3) is 0.562. The van der Waals surface area contributed by atoms with E-state index in [-0.39, 0.29) is 23.9 Å². The first-order chi connectivity index (χ1) is 10.0. The molecule has 114 valence electrons. The molecule has 0 bridgehead atoms. The van der Waals surface area contributed by atoms with Gasteiger partial charge in [-0.2, -0.15) is 0 Å². The minimum atomic E-state index is -0.323. The first-order valence-electron chi connectivity index (χ1n) is 7.55. The molecule has 2 aromatic rings.